The Balaban J connectivity index is 2.12. The molecule has 2 rings (SSSR count). The lowest BCUT2D eigenvalue weighted by molar-refractivity contribution is 0.372. The van der Waals surface area contributed by atoms with E-state index in [1.807, 2.05) is 19.1 Å². The molecule has 1 aliphatic rings. The van der Waals surface area contributed by atoms with Crippen LogP contribution in [-0.4, -0.2) is 25.3 Å². The standard InChI is InChI=1S/C14H21NO2/c1-10-13(16)7-12(8-14(10)17-2)6-11-4-3-5-15-9-11/h7-8,11,15-16H,3-6,9H2,1-2H3. The van der Waals surface area contributed by atoms with Crippen LogP contribution in [0, 0.1) is 12.8 Å². The van der Waals surface area contributed by atoms with Gasteiger partial charge in [-0.3, -0.25) is 0 Å². The zero-order valence-corrected chi connectivity index (χ0v) is 10.6. The summed E-state index contributed by atoms with van der Waals surface area (Å²) in [6.07, 6.45) is 3.53. The second-order valence-corrected chi connectivity index (χ2v) is 4.86. The molecule has 0 amide bonds. The third-order valence-corrected chi connectivity index (χ3v) is 3.54. The highest BCUT2D eigenvalue weighted by Crippen LogP contribution is 2.30. The Labute approximate surface area is 103 Å². The molecule has 1 heterocycles. The molecule has 1 unspecified atom stereocenters. The highest BCUT2D eigenvalue weighted by atomic mass is 16.5. The van der Waals surface area contributed by atoms with E-state index in [0.29, 0.717) is 11.7 Å². The molecular weight excluding hydrogens is 214 g/mol. The first kappa shape index (κ1) is 12.2. The summed E-state index contributed by atoms with van der Waals surface area (Å²) in [5.74, 6) is 1.79. The molecule has 1 saturated heterocycles. The van der Waals surface area contributed by atoms with Crippen LogP contribution in [0.1, 0.15) is 24.0 Å². The lowest BCUT2D eigenvalue weighted by Crippen LogP contribution is -2.30. The molecule has 1 aromatic carbocycles. The van der Waals surface area contributed by atoms with Gasteiger partial charge in [0.05, 0.1) is 7.11 Å². The van der Waals surface area contributed by atoms with Gasteiger partial charge in [0.15, 0.2) is 0 Å². The molecule has 1 atom stereocenters. The van der Waals surface area contributed by atoms with Gasteiger partial charge in [-0.1, -0.05) is 0 Å². The lowest BCUT2D eigenvalue weighted by atomic mass is 9.92. The molecule has 3 nitrogen and oxygen atoms in total. The number of rotatable bonds is 3. The summed E-state index contributed by atoms with van der Waals surface area (Å²) in [4.78, 5) is 0. The summed E-state index contributed by atoms with van der Waals surface area (Å²) in [5.41, 5.74) is 1.98. The second-order valence-electron chi connectivity index (χ2n) is 4.86. The van der Waals surface area contributed by atoms with Gasteiger partial charge < -0.3 is 15.2 Å². The lowest BCUT2D eigenvalue weighted by Gasteiger charge is -2.23. The molecule has 94 valence electrons. The number of phenolic OH excluding ortho intramolecular Hbond substituents is 1. The molecular formula is C14H21NO2. The van der Waals surface area contributed by atoms with E-state index in [1.165, 1.54) is 18.4 Å². The van der Waals surface area contributed by atoms with Crippen LogP contribution in [0.4, 0.5) is 0 Å². The number of phenols is 1. The smallest absolute Gasteiger partial charge is 0.125 e. The monoisotopic (exact) mass is 235 g/mol. The number of hydrogen-bond acceptors (Lipinski definition) is 3. The molecule has 3 heteroatoms. The van der Waals surface area contributed by atoms with Gasteiger partial charge in [0.2, 0.25) is 0 Å². The van der Waals surface area contributed by atoms with Crippen molar-refractivity contribution < 1.29 is 9.84 Å². The van der Waals surface area contributed by atoms with E-state index in [0.717, 1.165) is 30.8 Å². The maximum atomic E-state index is 9.85. The Morgan fingerprint density at radius 2 is 2.29 bits per heavy atom. The first-order chi connectivity index (χ1) is 8.20. The molecule has 0 bridgehead atoms. The van der Waals surface area contributed by atoms with Crippen molar-refractivity contribution in [3.8, 4) is 11.5 Å². The third kappa shape index (κ3) is 2.91. The second kappa shape index (κ2) is 5.41. The molecule has 17 heavy (non-hydrogen) atoms. The van der Waals surface area contributed by atoms with Crippen LogP contribution in [0.25, 0.3) is 0 Å². The summed E-state index contributed by atoms with van der Waals surface area (Å²) < 4.78 is 5.28. The van der Waals surface area contributed by atoms with Crippen molar-refractivity contribution in [3.63, 3.8) is 0 Å². The first-order valence-corrected chi connectivity index (χ1v) is 6.28. The minimum absolute atomic E-state index is 0.336. The number of methoxy groups -OCH3 is 1. The minimum atomic E-state index is 0.336. The molecule has 0 saturated carbocycles. The Hall–Kier alpha value is -1.22. The van der Waals surface area contributed by atoms with Gasteiger partial charge in [0.1, 0.15) is 11.5 Å². The average Bonchev–Trinajstić information content (AvgIpc) is 2.35. The number of hydrogen-bond donors (Lipinski definition) is 2. The van der Waals surface area contributed by atoms with E-state index >= 15 is 0 Å². The summed E-state index contributed by atoms with van der Waals surface area (Å²) in [6, 6.07) is 3.91. The molecule has 1 aliphatic heterocycles. The Kier molecular flexibility index (Phi) is 3.89. The van der Waals surface area contributed by atoms with E-state index in [4.69, 9.17) is 4.74 Å². The number of ether oxygens (including phenoxy) is 1. The summed E-state index contributed by atoms with van der Waals surface area (Å²) >= 11 is 0. The Bertz CT molecular complexity index is 384. The van der Waals surface area contributed by atoms with Crippen LogP contribution in [0.5, 0.6) is 11.5 Å². The van der Waals surface area contributed by atoms with Gasteiger partial charge >= 0.3 is 0 Å². The van der Waals surface area contributed by atoms with Crippen molar-refractivity contribution in [2.45, 2.75) is 26.2 Å². The van der Waals surface area contributed by atoms with E-state index in [-0.39, 0.29) is 0 Å². The van der Waals surface area contributed by atoms with Crippen molar-refractivity contribution in [2.75, 3.05) is 20.2 Å². The van der Waals surface area contributed by atoms with Gasteiger partial charge in [0, 0.05) is 5.56 Å². The summed E-state index contributed by atoms with van der Waals surface area (Å²) in [7, 11) is 1.65. The fourth-order valence-electron chi connectivity index (χ4n) is 2.49. The fraction of sp³-hybridized carbons (Fsp3) is 0.571. The van der Waals surface area contributed by atoms with Crippen molar-refractivity contribution in [2.24, 2.45) is 5.92 Å². The van der Waals surface area contributed by atoms with Crippen LogP contribution in [0.2, 0.25) is 0 Å². The van der Waals surface area contributed by atoms with E-state index in [2.05, 4.69) is 5.32 Å². The highest BCUT2D eigenvalue weighted by Gasteiger charge is 2.15. The van der Waals surface area contributed by atoms with Crippen LogP contribution in [0.3, 0.4) is 0 Å². The molecule has 0 aromatic heterocycles. The number of piperidine rings is 1. The Morgan fingerprint density at radius 3 is 2.94 bits per heavy atom. The SMILES string of the molecule is COc1cc(CC2CCCNC2)cc(O)c1C. The number of nitrogens with one attached hydrogen (secondary N) is 1. The molecule has 1 aromatic rings. The topological polar surface area (TPSA) is 41.5 Å². The summed E-state index contributed by atoms with van der Waals surface area (Å²) in [5, 5.41) is 13.3. The van der Waals surface area contributed by atoms with E-state index in [9.17, 15) is 5.11 Å². The first-order valence-electron chi connectivity index (χ1n) is 6.28. The van der Waals surface area contributed by atoms with Gasteiger partial charge in [-0.25, -0.2) is 0 Å². The summed E-state index contributed by atoms with van der Waals surface area (Å²) in [6.45, 7) is 4.09. The predicted octanol–water partition coefficient (Wildman–Crippen LogP) is 2.25. The Morgan fingerprint density at radius 1 is 1.47 bits per heavy atom. The van der Waals surface area contributed by atoms with Crippen molar-refractivity contribution >= 4 is 0 Å². The maximum absolute atomic E-state index is 9.85. The van der Waals surface area contributed by atoms with Crippen LogP contribution in [-0.2, 0) is 6.42 Å². The van der Waals surface area contributed by atoms with Crippen molar-refractivity contribution in [3.05, 3.63) is 23.3 Å². The normalized spacial score (nSPS) is 20.2. The average molecular weight is 235 g/mol. The van der Waals surface area contributed by atoms with Gasteiger partial charge in [-0.05, 0) is 62.9 Å². The quantitative estimate of drug-likeness (QED) is 0.844. The molecule has 1 fully saturated rings. The predicted molar refractivity (Wildman–Crippen MR) is 68.7 cm³/mol. The molecule has 0 radical (unpaired) electrons. The van der Waals surface area contributed by atoms with E-state index < -0.39 is 0 Å². The van der Waals surface area contributed by atoms with Gasteiger partial charge in [-0.15, -0.1) is 0 Å². The largest absolute Gasteiger partial charge is 0.508 e. The van der Waals surface area contributed by atoms with Crippen LogP contribution < -0.4 is 10.1 Å². The molecule has 2 N–H and O–H groups in total. The fourth-order valence-corrected chi connectivity index (χ4v) is 2.49. The third-order valence-electron chi connectivity index (χ3n) is 3.54. The number of benzene rings is 1. The van der Waals surface area contributed by atoms with Crippen LogP contribution >= 0.6 is 0 Å². The molecule has 0 spiro atoms. The van der Waals surface area contributed by atoms with Gasteiger partial charge in [-0.2, -0.15) is 0 Å². The van der Waals surface area contributed by atoms with E-state index in [1.54, 1.807) is 7.11 Å². The van der Waals surface area contributed by atoms with Crippen LogP contribution in [0.15, 0.2) is 12.1 Å². The van der Waals surface area contributed by atoms with Crippen molar-refractivity contribution in [1.82, 2.24) is 5.32 Å². The highest BCUT2D eigenvalue weighted by molar-refractivity contribution is 5.46. The maximum Gasteiger partial charge on any atom is 0.125 e. The molecule has 0 aliphatic carbocycles. The zero-order chi connectivity index (χ0) is 12.3. The zero-order valence-electron chi connectivity index (χ0n) is 10.6. The van der Waals surface area contributed by atoms with Crippen molar-refractivity contribution in [1.29, 1.82) is 0 Å². The number of aromatic hydroxyl groups is 1. The van der Waals surface area contributed by atoms with Gasteiger partial charge in [0.25, 0.3) is 0 Å². The minimum Gasteiger partial charge on any atom is -0.508 e.